The van der Waals surface area contributed by atoms with E-state index >= 15 is 0 Å². The molecule has 0 bridgehead atoms. The molecule has 0 aromatic rings. The number of carbonyl (C=O) groups is 1. The normalized spacial score (nSPS) is 13.9. The average molecular weight is 241 g/mol. The van der Waals surface area contributed by atoms with Crippen LogP contribution in [0.3, 0.4) is 0 Å². The first-order valence-electron chi connectivity index (χ1n) is 5.24. The van der Waals surface area contributed by atoms with Crippen molar-refractivity contribution in [2.75, 3.05) is 6.54 Å². The fraction of sp³-hybridized carbons (Fsp3) is 0.900. The summed E-state index contributed by atoms with van der Waals surface area (Å²) in [6, 6.07) is 0. The number of amides is 1. The van der Waals surface area contributed by atoms with Crippen LogP contribution in [0.15, 0.2) is 0 Å². The van der Waals surface area contributed by atoms with Crippen LogP contribution < -0.4 is 5.32 Å². The molecule has 0 saturated carbocycles. The van der Waals surface area contributed by atoms with Crippen molar-refractivity contribution < 1.29 is 23.1 Å². The Balaban J connectivity index is 3.59. The zero-order valence-corrected chi connectivity index (χ0v) is 9.47. The second kappa shape index (κ2) is 6.73. The lowest BCUT2D eigenvalue weighted by Gasteiger charge is -2.14. The Hall–Kier alpha value is -0.780. The molecule has 0 rings (SSSR count). The van der Waals surface area contributed by atoms with E-state index < -0.39 is 31.0 Å². The van der Waals surface area contributed by atoms with Gasteiger partial charge in [0.25, 0.3) is 0 Å². The summed E-state index contributed by atoms with van der Waals surface area (Å²) < 4.78 is 35.3. The Morgan fingerprint density at radius 1 is 1.38 bits per heavy atom. The summed E-state index contributed by atoms with van der Waals surface area (Å²) in [5, 5.41) is 11.7. The molecule has 0 aromatic heterocycles. The molecule has 1 amide bonds. The van der Waals surface area contributed by atoms with Gasteiger partial charge < -0.3 is 10.4 Å². The number of aliphatic hydroxyl groups is 1. The van der Waals surface area contributed by atoms with E-state index in [9.17, 15) is 23.1 Å². The smallest absolute Gasteiger partial charge is 0.389 e. The highest BCUT2D eigenvalue weighted by atomic mass is 19.4. The Bertz CT molecular complexity index is 217. The molecule has 1 atom stereocenters. The van der Waals surface area contributed by atoms with Crippen molar-refractivity contribution in [1.82, 2.24) is 5.32 Å². The molecule has 6 heteroatoms. The van der Waals surface area contributed by atoms with Crippen LogP contribution in [0.25, 0.3) is 0 Å². The van der Waals surface area contributed by atoms with Crippen LogP contribution in [-0.4, -0.2) is 29.8 Å². The van der Waals surface area contributed by atoms with Gasteiger partial charge in [-0.05, 0) is 12.3 Å². The summed E-state index contributed by atoms with van der Waals surface area (Å²) in [5.74, 6) is -0.555. The number of hydrogen-bond donors (Lipinski definition) is 2. The second-order valence-electron chi connectivity index (χ2n) is 4.07. The van der Waals surface area contributed by atoms with Crippen molar-refractivity contribution in [1.29, 1.82) is 0 Å². The van der Waals surface area contributed by atoms with Gasteiger partial charge in [0.05, 0.1) is 12.5 Å². The maximum absolute atomic E-state index is 11.8. The predicted molar refractivity (Wildman–Crippen MR) is 53.8 cm³/mol. The minimum atomic E-state index is -4.30. The van der Waals surface area contributed by atoms with E-state index in [4.69, 9.17) is 0 Å². The standard InChI is InChI=1S/C10H18F3NO2/c1-7(2)8(15)4-6-14-9(16)3-5-10(11,12)13/h7-8,15H,3-6H2,1-2H3,(H,14,16). The first kappa shape index (κ1) is 15.2. The van der Waals surface area contributed by atoms with Gasteiger partial charge in [-0.25, -0.2) is 0 Å². The first-order valence-corrected chi connectivity index (χ1v) is 5.24. The second-order valence-corrected chi connectivity index (χ2v) is 4.07. The molecule has 0 aliphatic rings. The Labute approximate surface area is 93.0 Å². The van der Waals surface area contributed by atoms with Gasteiger partial charge in [-0.1, -0.05) is 13.8 Å². The van der Waals surface area contributed by atoms with Crippen LogP contribution in [0.5, 0.6) is 0 Å². The molecule has 0 saturated heterocycles. The van der Waals surface area contributed by atoms with Crippen LogP contribution in [0, 0.1) is 5.92 Å². The van der Waals surface area contributed by atoms with Crippen molar-refractivity contribution in [3.63, 3.8) is 0 Å². The Morgan fingerprint density at radius 3 is 2.38 bits per heavy atom. The van der Waals surface area contributed by atoms with E-state index in [1.807, 2.05) is 13.8 Å². The lowest BCUT2D eigenvalue weighted by atomic mass is 10.0. The number of carbonyl (C=O) groups excluding carboxylic acids is 1. The zero-order chi connectivity index (χ0) is 12.8. The van der Waals surface area contributed by atoms with E-state index in [1.54, 1.807) is 0 Å². The minimum absolute atomic E-state index is 0.0760. The van der Waals surface area contributed by atoms with Crippen molar-refractivity contribution in [2.24, 2.45) is 5.92 Å². The highest BCUT2D eigenvalue weighted by Gasteiger charge is 2.27. The van der Waals surface area contributed by atoms with Crippen LogP contribution in [-0.2, 0) is 4.79 Å². The van der Waals surface area contributed by atoms with E-state index in [0.717, 1.165) is 0 Å². The quantitative estimate of drug-likeness (QED) is 0.745. The fourth-order valence-electron chi connectivity index (χ4n) is 1.04. The SMILES string of the molecule is CC(C)C(O)CCNC(=O)CCC(F)(F)F. The van der Waals surface area contributed by atoms with Crippen molar-refractivity contribution in [2.45, 2.75) is 45.4 Å². The van der Waals surface area contributed by atoms with Crippen LogP contribution >= 0.6 is 0 Å². The molecule has 3 nitrogen and oxygen atoms in total. The molecular weight excluding hydrogens is 223 g/mol. The summed E-state index contributed by atoms with van der Waals surface area (Å²) >= 11 is 0. The van der Waals surface area contributed by atoms with E-state index in [0.29, 0.717) is 6.42 Å². The molecule has 2 N–H and O–H groups in total. The van der Waals surface area contributed by atoms with Gasteiger partial charge in [0, 0.05) is 13.0 Å². The molecule has 16 heavy (non-hydrogen) atoms. The summed E-state index contributed by atoms with van der Waals surface area (Å²) in [7, 11) is 0. The predicted octanol–water partition coefficient (Wildman–Crippen LogP) is 1.85. The number of rotatable bonds is 6. The van der Waals surface area contributed by atoms with E-state index in [-0.39, 0.29) is 12.5 Å². The number of halogens is 3. The third kappa shape index (κ3) is 8.52. The van der Waals surface area contributed by atoms with Gasteiger partial charge in [-0.2, -0.15) is 13.2 Å². The molecular formula is C10H18F3NO2. The molecule has 96 valence electrons. The van der Waals surface area contributed by atoms with Gasteiger partial charge in [0.1, 0.15) is 0 Å². The maximum atomic E-state index is 11.8. The lowest BCUT2D eigenvalue weighted by molar-refractivity contribution is -0.144. The Kier molecular flexibility index (Phi) is 6.40. The maximum Gasteiger partial charge on any atom is 0.389 e. The van der Waals surface area contributed by atoms with Gasteiger partial charge in [-0.15, -0.1) is 0 Å². The third-order valence-corrected chi connectivity index (χ3v) is 2.17. The lowest BCUT2D eigenvalue weighted by Crippen LogP contribution is -2.29. The van der Waals surface area contributed by atoms with Gasteiger partial charge >= 0.3 is 6.18 Å². The fourth-order valence-corrected chi connectivity index (χ4v) is 1.04. The monoisotopic (exact) mass is 241 g/mol. The molecule has 0 aliphatic heterocycles. The van der Waals surface area contributed by atoms with Crippen molar-refractivity contribution >= 4 is 5.91 Å². The highest BCUT2D eigenvalue weighted by Crippen LogP contribution is 2.20. The molecule has 0 aromatic carbocycles. The molecule has 0 spiro atoms. The summed E-state index contributed by atoms with van der Waals surface area (Å²) in [6.07, 6.45) is -6.14. The van der Waals surface area contributed by atoms with Crippen LogP contribution in [0.4, 0.5) is 13.2 Å². The van der Waals surface area contributed by atoms with Gasteiger partial charge in [0.2, 0.25) is 5.91 Å². The number of hydrogen-bond acceptors (Lipinski definition) is 2. The van der Waals surface area contributed by atoms with Crippen molar-refractivity contribution in [3.05, 3.63) is 0 Å². The highest BCUT2D eigenvalue weighted by molar-refractivity contribution is 5.75. The number of alkyl halides is 3. The molecule has 0 aliphatic carbocycles. The molecule has 1 unspecified atom stereocenters. The van der Waals surface area contributed by atoms with E-state index in [2.05, 4.69) is 5.32 Å². The van der Waals surface area contributed by atoms with Gasteiger partial charge in [0.15, 0.2) is 0 Å². The summed E-state index contributed by atoms with van der Waals surface area (Å²) in [4.78, 5) is 10.9. The van der Waals surface area contributed by atoms with Gasteiger partial charge in [-0.3, -0.25) is 4.79 Å². The first-order chi connectivity index (χ1) is 7.22. The molecule has 0 radical (unpaired) electrons. The molecule has 0 fully saturated rings. The topological polar surface area (TPSA) is 49.3 Å². The molecule has 0 heterocycles. The Morgan fingerprint density at radius 2 is 1.94 bits per heavy atom. The summed E-state index contributed by atoms with van der Waals surface area (Å²) in [6.45, 7) is 3.86. The average Bonchev–Trinajstić information content (AvgIpc) is 2.13. The van der Waals surface area contributed by atoms with Crippen LogP contribution in [0.1, 0.15) is 33.1 Å². The van der Waals surface area contributed by atoms with Crippen molar-refractivity contribution in [3.8, 4) is 0 Å². The summed E-state index contributed by atoms with van der Waals surface area (Å²) in [5.41, 5.74) is 0. The third-order valence-electron chi connectivity index (χ3n) is 2.17. The number of aliphatic hydroxyl groups excluding tert-OH is 1. The zero-order valence-electron chi connectivity index (χ0n) is 9.47. The minimum Gasteiger partial charge on any atom is -0.393 e. The number of nitrogens with one attached hydrogen (secondary N) is 1. The van der Waals surface area contributed by atoms with Crippen LogP contribution in [0.2, 0.25) is 0 Å². The van der Waals surface area contributed by atoms with E-state index in [1.165, 1.54) is 0 Å². The largest absolute Gasteiger partial charge is 0.393 e.